The van der Waals surface area contributed by atoms with Gasteiger partial charge in [-0.2, -0.15) is 0 Å². The van der Waals surface area contributed by atoms with E-state index in [0.717, 1.165) is 0 Å². The summed E-state index contributed by atoms with van der Waals surface area (Å²) in [6.07, 6.45) is 0.380. The van der Waals surface area contributed by atoms with E-state index in [9.17, 15) is 19.7 Å². The van der Waals surface area contributed by atoms with Gasteiger partial charge in [0.15, 0.2) is 0 Å². The number of rotatable bonds is 3. The molecule has 0 spiro atoms. The Morgan fingerprint density at radius 2 is 2.19 bits per heavy atom. The average Bonchev–Trinajstić information content (AvgIpc) is 2.90. The molecule has 2 amide bonds. The molecule has 0 bridgehead atoms. The zero-order valence-electron chi connectivity index (χ0n) is 10.8. The van der Waals surface area contributed by atoms with Gasteiger partial charge in [0.2, 0.25) is 0 Å². The number of amides is 2. The number of aliphatic carboxylic acids is 1. The zero-order chi connectivity index (χ0) is 15.6. The number of nitrogens with zero attached hydrogens (tertiary/aromatic N) is 2. The van der Waals surface area contributed by atoms with Crippen LogP contribution in [0.15, 0.2) is 18.2 Å². The number of carbonyl (C=O) groups is 2. The standard InChI is InChI=1S/C12H12ClN3O5/c13-10-8(2-1-3-9(10)16(20)21)14-12(19)15-5-4-7(6-15)11(17)18/h1-3,7H,4-6H2,(H,14,19)(H,17,18). The molecule has 1 fully saturated rings. The van der Waals surface area contributed by atoms with E-state index in [-0.39, 0.29) is 22.9 Å². The first-order chi connectivity index (χ1) is 9.90. The number of likely N-dealkylation sites (tertiary alicyclic amines) is 1. The van der Waals surface area contributed by atoms with Crippen molar-refractivity contribution in [3.05, 3.63) is 33.3 Å². The number of carboxylic acid groups (broad SMARTS) is 1. The van der Waals surface area contributed by atoms with Crippen LogP contribution in [-0.2, 0) is 4.79 Å². The van der Waals surface area contributed by atoms with Crippen LogP contribution in [0.1, 0.15) is 6.42 Å². The average molecular weight is 314 g/mol. The fourth-order valence-electron chi connectivity index (χ4n) is 2.10. The molecule has 1 aromatic rings. The van der Waals surface area contributed by atoms with E-state index in [1.807, 2.05) is 0 Å². The molecular weight excluding hydrogens is 302 g/mol. The summed E-state index contributed by atoms with van der Waals surface area (Å²) in [5, 5.41) is 22.0. The van der Waals surface area contributed by atoms with Gasteiger partial charge in [0.25, 0.3) is 5.69 Å². The highest BCUT2D eigenvalue weighted by Crippen LogP contribution is 2.32. The molecule has 112 valence electrons. The minimum Gasteiger partial charge on any atom is -0.481 e. The van der Waals surface area contributed by atoms with Crippen molar-refractivity contribution in [1.29, 1.82) is 0 Å². The largest absolute Gasteiger partial charge is 0.481 e. The van der Waals surface area contributed by atoms with Crippen molar-refractivity contribution < 1.29 is 19.6 Å². The van der Waals surface area contributed by atoms with Crippen molar-refractivity contribution in [1.82, 2.24) is 4.90 Å². The summed E-state index contributed by atoms with van der Waals surface area (Å²) < 4.78 is 0. The predicted molar refractivity (Wildman–Crippen MR) is 74.4 cm³/mol. The van der Waals surface area contributed by atoms with Crippen molar-refractivity contribution in [3.63, 3.8) is 0 Å². The third-order valence-electron chi connectivity index (χ3n) is 3.24. The maximum Gasteiger partial charge on any atom is 0.321 e. The number of carboxylic acids is 1. The molecule has 2 rings (SSSR count). The Bertz CT molecular complexity index is 607. The topological polar surface area (TPSA) is 113 Å². The number of hydrogen-bond donors (Lipinski definition) is 2. The summed E-state index contributed by atoms with van der Waals surface area (Å²) in [6.45, 7) is 0.420. The third kappa shape index (κ3) is 3.22. The quantitative estimate of drug-likeness (QED) is 0.656. The van der Waals surface area contributed by atoms with E-state index in [1.165, 1.54) is 23.1 Å². The van der Waals surface area contributed by atoms with Crippen LogP contribution in [0.5, 0.6) is 0 Å². The summed E-state index contributed by atoms with van der Waals surface area (Å²) in [6, 6.07) is 3.55. The summed E-state index contributed by atoms with van der Waals surface area (Å²) >= 11 is 5.86. The van der Waals surface area contributed by atoms with Crippen molar-refractivity contribution in [3.8, 4) is 0 Å². The van der Waals surface area contributed by atoms with Gasteiger partial charge in [-0.05, 0) is 12.5 Å². The Labute approximate surface area is 124 Å². The maximum absolute atomic E-state index is 12.0. The maximum atomic E-state index is 12.0. The van der Waals surface area contributed by atoms with Crippen LogP contribution in [0, 0.1) is 16.0 Å². The molecule has 0 saturated carbocycles. The minimum atomic E-state index is -0.946. The lowest BCUT2D eigenvalue weighted by atomic mass is 10.1. The molecule has 2 N–H and O–H groups in total. The number of urea groups is 1. The van der Waals surface area contributed by atoms with Gasteiger partial charge in [-0.3, -0.25) is 14.9 Å². The number of nitrogens with one attached hydrogen (secondary N) is 1. The van der Waals surface area contributed by atoms with Gasteiger partial charge >= 0.3 is 12.0 Å². The molecule has 1 aromatic carbocycles. The first-order valence-electron chi connectivity index (χ1n) is 6.11. The second kappa shape index (κ2) is 5.96. The van der Waals surface area contributed by atoms with E-state index < -0.39 is 22.8 Å². The van der Waals surface area contributed by atoms with Crippen LogP contribution in [0.4, 0.5) is 16.2 Å². The molecular formula is C12H12ClN3O5. The number of nitro groups is 1. The third-order valence-corrected chi connectivity index (χ3v) is 3.64. The van der Waals surface area contributed by atoms with E-state index >= 15 is 0 Å². The Morgan fingerprint density at radius 3 is 2.76 bits per heavy atom. The SMILES string of the molecule is O=C(O)C1CCN(C(=O)Nc2cccc([N+](=O)[O-])c2Cl)C1. The van der Waals surface area contributed by atoms with Crippen molar-refractivity contribution in [2.45, 2.75) is 6.42 Å². The van der Waals surface area contributed by atoms with Gasteiger partial charge in [0.1, 0.15) is 5.02 Å². The van der Waals surface area contributed by atoms with E-state index in [4.69, 9.17) is 16.7 Å². The van der Waals surface area contributed by atoms with Gasteiger partial charge in [-0.1, -0.05) is 17.7 Å². The summed E-state index contributed by atoms with van der Waals surface area (Å²) in [5.41, 5.74) is -0.186. The van der Waals surface area contributed by atoms with Gasteiger partial charge < -0.3 is 15.3 Å². The Morgan fingerprint density at radius 1 is 1.48 bits per heavy atom. The molecule has 0 aliphatic carbocycles. The lowest BCUT2D eigenvalue weighted by Crippen LogP contribution is -2.33. The predicted octanol–water partition coefficient (Wildman–Crippen LogP) is 2.19. The van der Waals surface area contributed by atoms with Crippen LogP contribution < -0.4 is 5.32 Å². The molecule has 1 aliphatic heterocycles. The lowest BCUT2D eigenvalue weighted by Gasteiger charge is -2.17. The molecule has 8 nitrogen and oxygen atoms in total. The lowest BCUT2D eigenvalue weighted by molar-refractivity contribution is -0.384. The smallest absolute Gasteiger partial charge is 0.321 e. The number of nitro benzene ring substituents is 1. The second-order valence-corrected chi connectivity index (χ2v) is 4.97. The first kappa shape index (κ1) is 15.0. The Hall–Kier alpha value is -2.35. The van der Waals surface area contributed by atoms with Gasteiger partial charge in [0.05, 0.1) is 16.5 Å². The summed E-state index contributed by atoms with van der Waals surface area (Å²) in [7, 11) is 0. The molecule has 1 heterocycles. The fourth-order valence-corrected chi connectivity index (χ4v) is 2.34. The van der Waals surface area contributed by atoms with Crippen molar-refractivity contribution >= 4 is 35.0 Å². The highest BCUT2D eigenvalue weighted by atomic mass is 35.5. The van der Waals surface area contributed by atoms with E-state index in [1.54, 1.807) is 0 Å². The van der Waals surface area contributed by atoms with Crippen LogP contribution >= 0.6 is 11.6 Å². The summed E-state index contributed by atoms with van der Waals surface area (Å²) in [5.74, 6) is -1.53. The molecule has 1 saturated heterocycles. The van der Waals surface area contributed by atoms with E-state index in [0.29, 0.717) is 13.0 Å². The number of anilines is 1. The van der Waals surface area contributed by atoms with Crippen molar-refractivity contribution in [2.75, 3.05) is 18.4 Å². The molecule has 1 aliphatic rings. The first-order valence-corrected chi connectivity index (χ1v) is 6.49. The van der Waals surface area contributed by atoms with Gasteiger partial charge in [-0.25, -0.2) is 4.79 Å². The molecule has 1 atom stereocenters. The van der Waals surface area contributed by atoms with Crippen molar-refractivity contribution in [2.24, 2.45) is 5.92 Å². The van der Waals surface area contributed by atoms with Crippen LogP contribution in [0.2, 0.25) is 5.02 Å². The normalized spacial score (nSPS) is 17.6. The Kier molecular flexibility index (Phi) is 4.27. The number of hydrogen-bond acceptors (Lipinski definition) is 4. The van der Waals surface area contributed by atoms with Crippen LogP contribution in [0.3, 0.4) is 0 Å². The molecule has 21 heavy (non-hydrogen) atoms. The van der Waals surface area contributed by atoms with Crippen LogP contribution in [0.25, 0.3) is 0 Å². The fraction of sp³-hybridized carbons (Fsp3) is 0.333. The Balaban J connectivity index is 2.09. The summed E-state index contributed by atoms with van der Waals surface area (Å²) in [4.78, 5) is 34.3. The second-order valence-electron chi connectivity index (χ2n) is 4.60. The highest BCUT2D eigenvalue weighted by molar-refractivity contribution is 6.35. The molecule has 0 aromatic heterocycles. The molecule has 9 heteroatoms. The van der Waals surface area contributed by atoms with Crippen LogP contribution in [-0.4, -0.2) is 40.0 Å². The zero-order valence-corrected chi connectivity index (χ0v) is 11.5. The number of halogens is 1. The highest BCUT2D eigenvalue weighted by Gasteiger charge is 2.31. The van der Waals surface area contributed by atoms with E-state index in [2.05, 4.69) is 5.32 Å². The molecule has 0 radical (unpaired) electrons. The molecule has 1 unspecified atom stereocenters. The monoisotopic (exact) mass is 313 g/mol. The number of carbonyl (C=O) groups excluding carboxylic acids is 1. The van der Waals surface area contributed by atoms with Gasteiger partial charge in [-0.15, -0.1) is 0 Å². The minimum absolute atomic E-state index is 0.105. The van der Waals surface area contributed by atoms with Gasteiger partial charge in [0, 0.05) is 19.2 Å². The number of benzene rings is 1.